The predicted octanol–water partition coefficient (Wildman–Crippen LogP) is 4.03. The van der Waals surface area contributed by atoms with Gasteiger partial charge in [0, 0.05) is 10.9 Å². The largest absolute Gasteiger partial charge is 0.487 e. The van der Waals surface area contributed by atoms with Crippen LogP contribution in [-0.2, 0) is 24.0 Å². The van der Waals surface area contributed by atoms with E-state index in [1.54, 1.807) is 26.0 Å². The molecule has 0 bridgehead atoms. The Hall–Kier alpha value is -3.36. The SMILES string of the molecule is Cc1c(CC(=O)O)c(=O)oc2c(C)c(OCc3cccc(C(F)(F)F)n3)ccc12. The standard InChI is InChI=1S/C20H16F3NO5/c1-10-13-6-7-15(11(2)18(13)29-19(27)14(10)8-17(25)26)28-9-12-4-3-5-16(24-12)20(21,22)23/h3-7H,8-9H2,1-2H3,(H,25,26). The van der Waals surface area contributed by atoms with Gasteiger partial charge < -0.3 is 14.3 Å². The van der Waals surface area contributed by atoms with E-state index in [1.807, 2.05) is 0 Å². The van der Waals surface area contributed by atoms with Crippen LogP contribution < -0.4 is 10.4 Å². The number of nitrogens with zero attached hydrogens (tertiary/aromatic N) is 1. The van der Waals surface area contributed by atoms with Crippen LogP contribution in [0, 0.1) is 13.8 Å². The fourth-order valence-electron chi connectivity index (χ4n) is 2.95. The summed E-state index contributed by atoms with van der Waals surface area (Å²) in [5.74, 6) is -0.838. The normalized spacial score (nSPS) is 11.6. The summed E-state index contributed by atoms with van der Waals surface area (Å²) in [4.78, 5) is 26.7. The van der Waals surface area contributed by atoms with Crippen LogP contribution in [0.1, 0.15) is 28.1 Å². The van der Waals surface area contributed by atoms with Gasteiger partial charge in [0.25, 0.3) is 0 Å². The summed E-state index contributed by atoms with van der Waals surface area (Å²) < 4.78 is 49.2. The lowest BCUT2D eigenvalue weighted by Gasteiger charge is -2.13. The zero-order chi connectivity index (χ0) is 21.3. The van der Waals surface area contributed by atoms with Crippen LogP contribution in [0.15, 0.2) is 39.5 Å². The van der Waals surface area contributed by atoms with Crippen LogP contribution in [0.5, 0.6) is 5.75 Å². The number of carboxylic acids is 1. The van der Waals surface area contributed by atoms with Crippen LogP contribution in [-0.4, -0.2) is 16.1 Å². The first-order valence-corrected chi connectivity index (χ1v) is 8.51. The van der Waals surface area contributed by atoms with Crippen LogP contribution >= 0.6 is 0 Å². The van der Waals surface area contributed by atoms with Crippen molar-refractivity contribution in [1.82, 2.24) is 4.98 Å². The molecule has 0 aliphatic heterocycles. The summed E-state index contributed by atoms with van der Waals surface area (Å²) >= 11 is 0. The van der Waals surface area contributed by atoms with Gasteiger partial charge in [-0.15, -0.1) is 0 Å². The number of benzene rings is 1. The Labute approximate surface area is 162 Å². The topological polar surface area (TPSA) is 89.6 Å². The molecule has 0 unspecified atom stereocenters. The summed E-state index contributed by atoms with van der Waals surface area (Å²) in [7, 11) is 0. The van der Waals surface area contributed by atoms with Crippen molar-refractivity contribution in [3.05, 3.63) is 68.8 Å². The number of rotatable bonds is 5. The number of aliphatic carboxylic acids is 1. The summed E-state index contributed by atoms with van der Waals surface area (Å²) in [6.07, 6.45) is -5.01. The van der Waals surface area contributed by atoms with Crippen molar-refractivity contribution in [2.75, 3.05) is 0 Å². The number of hydrogen-bond acceptors (Lipinski definition) is 5. The van der Waals surface area contributed by atoms with Crippen molar-refractivity contribution in [1.29, 1.82) is 0 Å². The lowest BCUT2D eigenvalue weighted by atomic mass is 10.0. The molecule has 0 saturated carbocycles. The molecular formula is C20H16F3NO5. The molecule has 0 amide bonds. The summed E-state index contributed by atoms with van der Waals surface area (Å²) in [5.41, 5.74) is -0.417. The zero-order valence-corrected chi connectivity index (χ0v) is 15.5. The van der Waals surface area contributed by atoms with Gasteiger partial charge in [-0.2, -0.15) is 13.2 Å². The molecule has 0 fully saturated rings. The second-order valence-electron chi connectivity index (χ2n) is 6.43. The fraction of sp³-hybridized carbons (Fsp3) is 0.250. The molecule has 0 aliphatic carbocycles. The quantitative estimate of drug-likeness (QED) is 0.643. The monoisotopic (exact) mass is 407 g/mol. The Balaban J connectivity index is 1.93. The number of ether oxygens (including phenoxy) is 1. The maximum Gasteiger partial charge on any atom is 0.433 e. The molecule has 1 aromatic carbocycles. The minimum atomic E-state index is -4.55. The average Bonchev–Trinajstić information content (AvgIpc) is 2.64. The molecule has 9 heteroatoms. The first kappa shape index (κ1) is 20.4. The highest BCUT2D eigenvalue weighted by Crippen LogP contribution is 2.31. The smallest absolute Gasteiger partial charge is 0.433 e. The van der Waals surface area contributed by atoms with Gasteiger partial charge in [-0.3, -0.25) is 4.79 Å². The first-order chi connectivity index (χ1) is 13.6. The zero-order valence-electron chi connectivity index (χ0n) is 15.5. The van der Waals surface area contributed by atoms with E-state index in [9.17, 15) is 22.8 Å². The molecule has 3 rings (SSSR count). The third-order valence-corrected chi connectivity index (χ3v) is 4.45. The number of carbonyl (C=O) groups is 1. The number of pyridine rings is 1. The Morgan fingerprint density at radius 1 is 1.17 bits per heavy atom. The van der Waals surface area contributed by atoms with Gasteiger partial charge in [-0.05, 0) is 43.7 Å². The molecule has 2 aromatic heterocycles. The molecule has 2 heterocycles. The second kappa shape index (κ2) is 7.57. The van der Waals surface area contributed by atoms with E-state index in [1.165, 1.54) is 12.1 Å². The molecule has 0 atom stereocenters. The van der Waals surface area contributed by atoms with Crippen molar-refractivity contribution < 1.29 is 32.2 Å². The molecule has 3 aromatic rings. The Kier molecular flexibility index (Phi) is 5.32. The number of alkyl halides is 3. The van der Waals surface area contributed by atoms with E-state index in [4.69, 9.17) is 14.3 Å². The Morgan fingerprint density at radius 2 is 1.90 bits per heavy atom. The maximum absolute atomic E-state index is 12.8. The van der Waals surface area contributed by atoms with Crippen molar-refractivity contribution >= 4 is 16.9 Å². The molecule has 0 saturated heterocycles. The summed E-state index contributed by atoms with van der Waals surface area (Å²) in [6, 6.07) is 6.73. The highest BCUT2D eigenvalue weighted by atomic mass is 19.4. The fourth-order valence-corrected chi connectivity index (χ4v) is 2.95. The second-order valence-corrected chi connectivity index (χ2v) is 6.43. The Morgan fingerprint density at radius 3 is 2.55 bits per heavy atom. The number of hydrogen-bond donors (Lipinski definition) is 1. The Bertz CT molecular complexity index is 1150. The van der Waals surface area contributed by atoms with Crippen molar-refractivity contribution in [3.8, 4) is 5.75 Å². The van der Waals surface area contributed by atoms with E-state index < -0.39 is 29.9 Å². The van der Waals surface area contributed by atoms with Crippen molar-refractivity contribution in [2.45, 2.75) is 33.1 Å². The van der Waals surface area contributed by atoms with E-state index >= 15 is 0 Å². The molecule has 29 heavy (non-hydrogen) atoms. The van der Waals surface area contributed by atoms with Gasteiger partial charge in [0.15, 0.2) is 0 Å². The van der Waals surface area contributed by atoms with Gasteiger partial charge in [0.1, 0.15) is 23.6 Å². The highest BCUT2D eigenvalue weighted by molar-refractivity contribution is 5.86. The molecule has 0 radical (unpaired) electrons. The molecule has 0 spiro atoms. The highest BCUT2D eigenvalue weighted by Gasteiger charge is 2.32. The number of aromatic nitrogens is 1. The van der Waals surface area contributed by atoms with Crippen LogP contribution in [0.3, 0.4) is 0 Å². The van der Waals surface area contributed by atoms with Gasteiger partial charge >= 0.3 is 17.8 Å². The third kappa shape index (κ3) is 4.23. The van der Waals surface area contributed by atoms with Gasteiger partial charge in [-0.1, -0.05) is 6.07 Å². The number of aryl methyl sites for hydroxylation is 2. The number of carboxylic acid groups (broad SMARTS) is 1. The predicted molar refractivity (Wildman–Crippen MR) is 96.9 cm³/mol. The lowest BCUT2D eigenvalue weighted by Crippen LogP contribution is -2.15. The van der Waals surface area contributed by atoms with Gasteiger partial charge in [0.2, 0.25) is 0 Å². The summed E-state index contributed by atoms with van der Waals surface area (Å²) in [5, 5.41) is 9.52. The van der Waals surface area contributed by atoms with Crippen LogP contribution in [0.2, 0.25) is 0 Å². The van der Waals surface area contributed by atoms with Gasteiger partial charge in [-0.25, -0.2) is 9.78 Å². The van der Waals surface area contributed by atoms with Crippen molar-refractivity contribution in [3.63, 3.8) is 0 Å². The molecule has 152 valence electrons. The average molecular weight is 407 g/mol. The molecule has 1 N–H and O–H groups in total. The number of halogens is 3. The molecule has 6 nitrogen and oxygen atoms in total. The van der Waals surface area contributed by atoms with Crippen LogP contribution in [0.4, 0.5) is 13.2 Å². The lowest BCUT2D eigenvalue weighted by molar-refractivity contribution is -0.141. The minimum Gasteiger partial charge on any atom is -0.487 e. The third-order valence-electron chi connectivity index (χ3n) is 4.45. The van der Waals surface area contributed by atoms with E-state index in [0.29, 0.717) is 22.3 Å². The number of fused-ring (bicyclic) bond motifs is 1. The molecular weight excluding hydrogens is 391 g/mol. The van der Waals surface area contributed by atoms with E-state index in [-0.39, 0.29) is 23.4 Å². The maximum atomic E-state index is 12.8. The van der Waals surface area contributed by atoms with E-state index in [0.717, 1.165) is 6.07 Å². The first-order valence-electron chi connectivity index (χ1n) is 8.51. The van der Waals surface area contributed by atoms with Gasteiger partial charge in [0.05, 0.1) is 17.7 Å². The summed E-state index contributed by atoms with van der Waals surface area (Å²) in [6.45, 7) is 3.05. The molecule has 0 aliphatic rings. The van der Waals surface area contributed by atoms with E-state index in [2.05, 4.69) is 4.98 Å². The van der Waals surface area contributed by atoms with Crippen LogP contribution in [0.25, 0.3) is 11.0 Å². The minimum absolute atomic E-state index is 0.0613. The van der Waals surface area contributed by atoms with Crippen molar-refractivity contribution in [2.24, 2.45) is 0 Å².